The lowest BCUT2D eigenvalue weighted by atomic mass is 9.85. The predicted octanol–water partition coefficient (Wildman–Crippen LogP) is 20.1. The van der Waals surface area contributed by atoms with E-state index >= 15 is 0 Å². The molecule has 0 bridgehead atoms. The van der Waals surface area contributed by atoms with Crippen LogP contribution in [0.3, 0.4) is 0 Å². The number of hydrogen-bond donors (Lipinski definition) is 3. The number of unbranched alkanes of at least 4 members (excludes halogenated alkanes) is 45. The molecule has 0 radical (unpaired) electrons. The Balaban J connectivity index is 4.62. The first-order valence-electron chi connectivity index (χ1n) is 30.7. The van der Waals surface area contributed by atoms with Crippen LogP contribution in [0, 0.1) is 5.92 Å². The molecule has 0 aromatic rings. The topological polar surface area (TPSA) is 106 Å². The third-order valence-corrected chi connectivity index (χ3v) is 15.3. The molecule has 398 valence electrons. The quantitative estimate of drug-likeness (QED) is 0.0414. The largest absolute Gasteiger partial charge is 0.301 e. The van der Waals surface area contributed by atoms with Crippen LogP contribution in [0.5, 0.6) is 0 Å². The highest BCUT2D eigenvalue weighted by Gasteiger charge is 2.29. The van der Waals surface area contributed by atoms with E-state index in [2.05, 4.69) is 20.8 Å². The van der Waals surface area contributed by atoms with Gasteiger partial charge in [-0.3, -0.25) is 0 Å². The van der Waals surface area contributed by atoms with Crippen molar-refractivity contribution in [1.29, 1.82) is 0 Å². The van der Waals surface area contributed by atoms with Crippen LogP contribution in [0.25, 0.3) is 0 Å². The third kappa shape index (κ3) is 48.8. The van der Waals surface area contributed by atoms with Crippen LogP contribution >= 0.6 is 0 Å². The summed E-state index contributed by atoms with van der Waals surface area (Å²) in [7, 11) is 0. The molecule has 0 saturated carbocycles. The van der Waals surface area contributed by atoms with E-state index in [9.17, 15) is 0 Å². The monoisotopic (exact) mass is 936 g/mol. The molecule has 0 spiro atoms. The second-order valence-corrected chi connectivity index (χ2v) is 21.7. The summed E-state index contributed by atoms with van der Waals surface area (Å²) in [5, 5.41) is 0. The Morgan fingerprint density at radius 3 is 0.591 bits per heavy atom. The van der Waals surface area contributed by atoms with E-state index in [0.29, 0.717) is 0 Å². The molecular weight excluding hydrogens is 811 g/mol. The minimum Gasteiger partial charge on any atom is -0.301 e. The fourth-order valence-corrected chi connectivity index (χ4v) is 10.7. The van der Waals surface area contributed by atoms with Crippen LogP contribution in [0.1, 0.15) is 361 Å². The van der Waals surface area contributed by atoms with Gasteiger partial charge >= 0.3 is 0 Å². The van der Waals surface area contributed by atoms with Gasteiger partial charge in [0.25, 0.3) is 0 Å². The summed E-state index contributed by atoms with van der Waals surface area (Å²) >= 11 is 0. The van der Waals surface area contributed by atoms with Crippen molar-refractivity contribution in [3.63, 3.8) is 0 Å². The molecule has 66 heavy (non-hydrogen) atoms. The van der Waals surface area contributed by atoms with Gasteiger partial charge in [0.1, 0.15) is 0 Å². The van der Waals surface area contributed by atoms with Crippen molar-refractivity contribution < 1.29 is 14.5 Å². The molecule has 0 rings (SSSR count). The molecule has 0 saturated heterocycles. The lowest BCUT2D eigenvalue weighted by Crippen LogP contribution is -2.35. The predicted molar refractivity (Wildman–Crippen MR) is 292 cm³/mol. The Hall–Kier alpha value is -0.240. The molecule has 0 aromatic heterocycles. The van der Waals surface area contributed by atoms with Crippen LogP contribution in [0.2, 0.25) is 0 Å². The molecule has 0 fully saturated rings. The smallest absolute Gasteiger partial charge is 0.0817 e. The molecule has 0 amide bonds. The Labute approximate surface area is 415 Å². The maximum Gasteiger partial charge on any atom is 0.0817 e. The molecule has 0 heterocycles. The second-order valence-electron chi connectivity index (χ2n) is 21.7. The zero-order valence-corrected chi connectivity index (χ0v) is 45.7. The molecular formula is C60H125N3O3. The highest BCUT2D eigenvalue weighted by molar-refractivity contribution is 4.78. The van der Waals surface area contributed by atoms with Gasteiger partial charge in [0.05, 0.1) is 18.3 Å². The summed E-state index contributed by atoms with van der Waals surface area (Å²) in [4.78, 5) is 17.2. The van der Waals surface area contributed by atoms with E-state index in [-0.39, 0.29) is 24.2 Å². The number of nitrogens with two attached hydrogens (primary N) is 3. The van der Waals surface area contributed by atoms with E-state index in [4.69, 9.17) is 32.2 Å². The minimum absolute atomic E-state index is 0.0130. The van der Waals surface area contributed by atoms with Gasteiger partial charge in [-0.05, 0) is 38.0 Å². The molecule has 0 aliphatic rings. The summed E-state index contributed by atoms with van der Waals surface area (Å²) in [6.45, 7) is 6.91. The van der Waals surface area contributed by atoms with E-state index < -0.39 is 0 Å². The second kappa shape index (κ2) is 57.3. The average molecular weight is 937 g/mol. The summed E-state index contributed by atoms with van der Waals surface area (Å²) in [5.74, 6) is 18.3. The normalized spacial score (nSPS) is 13.7. The van der Waals surface area contributed by atoms with Crippen molar-refractivity contribution in [2.45, 2.75) is 379 Å². The SMILES string of the molecule is CCCCCCCCCCCCCCCCCCC(CC(CC(CCCCCCCCCCCCCCCCCC)ON)C(CCCCCCCCCCCCCCCCCC)ON)ON. The van der Waals surface area contributed by atoms with E-state index in [1.807, 2.05) is 0 Å². The van der Waals surface area contributed by atoms with Crippen molar-refractivity contribution in [3.8, 4) is 0 Å². The summed E-state index contributed by atoms with van der Waals surface area (Å²) in [5.41, 5.74) is 0. The van der Waals surface area contributed by atoms with Crippen LogP contribution in [0.15, 0.2) is 0 Å². The minimum atomic E-state index is -0.0245. The molecule has 3 unspecified atom stereocenters. The third-order valence-electron chi connectivity index (χ3n) is 15.3. The summed E-state index contributed by atoms with van der Waals surface area (Å²) in [6, 6.07) is 0. The first-order valence-corrected chi connectivity index (χ1v) is 30.7. The van der Waals surface area contributed by atoms with Gasteiger partial charge in [0, 0.05) is 0 Å². The highest BCUT2D eigenvalue weighted by Crippen LogP contribution is 2.29. The molecule has 0 aliphatic heterocycles. The first kappa shape index (κ1) is 65.8. The lowest BCUT2D eigenvalue weighted by Gasteiger charge is -2.31. The van der Waals surface area contributed by atoms with Gasteiger partial charge in [-0.1, -0.05) is 329 Å². The molecule has 0 aliphatic carbocycles. The Kier molecular flexibility index (Phi) is 57.1. The Bertz CT molecular complexity index is 817. The van der Waals surface area contributed by atoms with Crippen LogP contribution in [-0.2, 0) is 14.5 Å². The van der Waals surface area contributed by atoms with Crippen LogP contribution in [-0.4, -0.2) is 18.3 Å². The molecule has 3 atom stereocenters. The lowest BCUT2D eigenvalue weighted by molar-refractivity contribution is -0.0561. The fourth-order valence-electron chi connectivity index (χ4n) is 10.7. The van der Waals surface area contributed by atoms with Gasteiger partial charge in [-0.15, -0.1) is 0 Å². The Morgan fingerprint density at radius 2 is 0.409 bits per heavy atom. The van der Waals surface area contributed by atoms with Crippen LogP contribution in [0.4, 0.5) is 0 Å². The maximum absolute atomic E-state index is 6.11. The average Bonchev–Trinajstić information content (AvgIpc) is 3.33. The first-order chi connectivity index (χ1) is 32.7. The molecule has 6 nitrogen and oxygen atoms in total. The van der Waals surface area contributed by atoms with Crippen molar-refractivity contribution in [2.24, 2.45) is 23.6 Å². The number of rotatable bonds is 59. The summed E-state index contributed by atoms with van der Waals surface area (Å²) < 4.78 is 0. The van der Waals surface area contributed by atoms with Gasteiger partial charge in [0.15, 0.2) is 0 Å². The van der Waals surface area contributed by atoms with Crippen LogP contribution < -0.4 is 17.7 Å². The molecule has 6 N–H and O–H groups in total. The maximum atomic E-state index is 6.11. The molecule has 6 heteroatoms. The standard InChI is InChI=1S/C60H125N3O3/c1-4-7-10-13-16-19-22-25-28-31-34-37-40-43-46-49-52-58(64-61)55-57(60(66-63)54-51-48-45-42-39-36-33-30-27-24-21-18-15-12-9-6-3)56-59(65-62)53-50-47-44-41-38-35-32-29-26-23-20-17-14-11-8-5-2/h57-60H,4-56,61-63H2,1-3H3. The Morgan fingerprint density at radius 1 is 0.227 bits per heavy atom. The van der Waals surface area contributed by atoms with Crippen molar-refractivity contribution >= 4 is 0 Å². The van der Waals surface area contributed by atoms with Gasteiger partial charge in [-0.25, -0.2) is 17.7 Å². The van der Waals surface area contributed by atoms with Gasteiger partial charge in [0.2, 0.25) is 0 Å². The fraction of sp³-hybridized carbons (Fsp3) is 1.00. The summed E-state index contributed by atoms with van der Waals surface area (Å²) in [6.07, 6.45) is 70.9. The van der Waals surface area contributed by atoms with E-state index in [1.165, 1.54) is 289 Å². The van der Waals surface area contributed by atoms with Crippen molar-refractivity contribution in [1.82, 2.24) is 0 Å². The highest BCUT2D eigenvalue weighted by atomic mass is 16.6. The zero-order valence-electron chi connectivity index (χ0n) is 45.7. The van der Waals surface area contributed by atoms with Crippen molar-refractivity contribution in [2.75, 3.05) is 0 Å². The van der Waals surface area contributed by atoms with E-state index in [0.717, 1.165) is 51.4 Å². The van der Waals surface area contributed by atoms with Gasteiger partial charge < -0.3 is 14.5 Å². The van der Waals surface area contributed by atoms with Gasteiger partial charge in [-0.2, -0.15) is 0 Å². The number of hydrogen-bond acceptors (Lipinski definition) is 6. The molecule has 0 aromatic carbocycles. The van der Waals surface area contributed by atoms with E-state index in [1.54, 1.807) is 0 Å². The zero-order chi connectivity index (χ0) is 47.9. The van der Waals surface area contributed by atoms with Crippen molar-refractivity contribution in [3.05, 3.63) is 0 Å².